The van der Waals surface area contributed by atoms with Gasteiger partial charge in [0.1, 0.15) is 0 Å². The van der Waals surface area contributed by atoms with Crippen molar-refractivity contribution in [3.63, 3.8) is 0 Å². The van der Waals surface area contributed by atoms with Gasteiger partial charge in [-0.25, -0.2) is 0 Å². The molecule has 3 nitrogen and oxygen atoms in total. The summed E-state index contributed by atoms with van der Waals surface area (Å²) in [4.78, 5) is 13.7. The predicted molar refractivity (Wildman–Crippen MR) is 60.4 cm³/mol. The summed E-state index contributed by atoms with van der Waals surface area (Å²) in [5.74, 6) is 1.52. The number of rotatable bonds is 2. The summed E-state index contributed by atoms with van der Waals surface area (Å²) in [5, 5.41) is 3.37. The topological polar surface area (TPSA) is 32.3 Å². The minimum Gasteiger partial charge on any atom is -0.338 e. The van der Waals surface area contributed by atoms with E-state index in [-0.39, 0.29) is 5.91 Å². The average Bonchev–Trinajstić information content (AvgIpc) is 2.76. The Balaban J connectivity index is 1.88. The van der Waals surface area contributed by atoms with Crippen LogP contribution in [0.15, 0.2) is 24.3 Å². The molecule has 0 spiro atoms. The maximum absolute atomic E-state index is 11.7. The molecule has 0 bridgehead atoms. The summed E-state index contributed by atoms with van der Waals surface area (Å²) in [6.45, 7) is 5.95. The molecular weight excluding hydrogens is 188 g/mol. The van der Waals surface area contributed by atoms with E-state index in [2.05, 4.69) is 5.32 Å². The highest BCUT2D eigenvalue weighted by molar-refractivity contribution is 5.88. The molecular formula is C12H18N2O. The summed E-state index contributed by atoms with van der Waals surface area (Å²) >= 11 is 0. The van der Waals surface area contributed by atoms with Crippen molar-refractivity contribution in [1.82, 2.24) is 10.2 Å². The molecule has 2 aliphatic heterocycles. The van der Waals surface area contributed by atoms with E-state index < -0.39 is 0 Å². The molecule has 2 saturated heterocycles. The van der Waals surface area contributed by atoms with Crippen LogP contribution >= 0.6 is 0 Å². The summed E-state index contributed by atoms with van der Waals surface area (Å²) in [7, 11) is 0. The number of likely N-dealkylation sites (tertiary alicyclic amines) is 1. The van der Waals surface area contributed by atoms with Gasteiger partial charge in [-0.15, -0.1) is 0 Å². The van der Waals surface area contributed by atoms with Crippen LogP contribution in [0.5, 0.6) is 0 Å². The minimum atomic E-state index is 0.155. The van der Waals surface area contributed by atoms with E-state index >= 15 is 0 Å². The highest BCUT2D eigenvalue weighted by Gasteiger charge is 2.37. The standard InChI is InChI=1S/C12H18N2O/c1-2-3-4-5-12(15)14-8-10-6-13-7-11(10)9-14/h2-5,10-11,13H,6-9H2,1H3. The number of carbonyl (C=O) groups is 1. The van der Waals surface area contributed by atoms with Gasteiger partial charge in [0.2, 0.25) is 5.91 Å². The van der Waals surface area contributed by atoms with Crippen molar-refractivity contribution in [2.45, 2.75) is 6.92 Å². The van der Waals surface area contributed by atoms with Gasteiger partial charge >= 0.3 is 0 Å². The lowest BCUT2D eigenvalue weighted by molar-refractivity contribution is -0.125. The van der Waals surface area contributed by atoms with E-state index in [0.29, 0.717) is 11.8 Å². The Bertz CT molecular complexity index is 284. The number of amides is 1. The molecule has 2 atom stereocenters. The number of hydrogen-bond acceptors (Lipinski definition) is 2. The monoisotopic (exact) mass is 206 g/mol. The number of fused-ring (bicyclic) bond motifs is 1. The lowest BCUT2D eigenvalue weighted by Gasteiger charge is -2.14. The van der Waals surface area contributed by atoms with E-state index in [1.54, 1.807) is 6.08 Å². The third kappa shape index (κ3) is 2.29. The Morgan fingerprint density at radius 1 is 1.27 bits per heavy atom. The van der Waals surface area contributed by atoms with Crippen LogP contribution in [0.1, 0.15) is 6.92 Å². The molecule has 2 rings (SSSR count). The molecule has 2 fully saturated rings. The molecule has 2 unspecified atom stereocenters. The summed E-state index contributed by atoms with van der Waals surface area (Å²) in [6.07, 6.45) is 7.28. The molecule has 0 aromatic rings. The molecule has 0 radical (unpaired) electrons. The van der Waals surface area contributed by atoms with Crippen molar-refractivity contribution in [3.05, 3.63) is 24.3 Å². The first-order chi connectivity index (χ1) is 7.31. The number of nitrogens with zero attached hydrogens (tertiary/aromatic N) is 1. The van der Waals surface area contributed by atoms with Crippen molar-refractivity contribution >= 4 is 5.91 Å². The van der Waals surface area contributed by atoms with Gasteiger partial charge in [0.05, 0.1) is 0 Å². The van der Waals surface area contributed by atoms with Crippen LogP contribution < -0.4 is 5.32 Å². The Hall–Kier alpha value is -1.09. The van der Waals surface area contributed by atoms with Crippen molar-refractivity contribution in [2.75, 3.05) is 26.2 Å². The number of carbonyl (C=O) groups excluding carboxylic acids is 1. The van der Waals surface area contributed by atoms with Crippen molar-refractivity contribution in [2.24, 2.45) is 11.8 Å². The van der Waals surface area contributed by atoms with Crippen LogP contribution in [-0.2, 0) is 4.79 Å². The van der Waals surface area contributed by atoms with Crippen LogP contribution in [0, 0.1) is 11.8 Å². The summed E-state index contributed by atoms with van der Waals surface area (Å²) < 4.78 is 0. The zero-order valence-corrected chi connectivity index (χ0v) is 9.15. The highest BCUT2D eigenvalue weighted by atomic mass is 16.2. The number of hydrogen-bond donors (Lipinski definition) is 1. The number of allylic oxidation sites excluding steroid dienone is 3. The molecule has 2 heterocycles. The largest absolute Gasteiger partial charge is 0.338 e. The van der Waals surface area contributed by atoms with Crippen LogP contribution in [0.25, 0.3) is 0 Å². The smallest absolute Gasteiger partial charge is 0.246 e. The first-order valence-corrected chi connectivity index (χ1v) is 5.60. The van der Waals surface area contributed by atoms with Crippen molar-refractivity contribution in [1.29, 1.82) is 0 Å². The SMILES string of the molecule is CC=CC=CC(=O)N1CC2CNCC2C1. The molecule has 1 N–H and O–H groups in total. The molecule has 0 saturated carbocycles. The van der Waals surface area contributed by atoms with Gasteiger partial charge in [-0.1, -0.05) is 18.2 Å². The van der Waals surface area contributed by atoms with E-state index in [1.807, 2.05) is 30.1 Å². The van der Waals surface area contributed by atoms with Gasteiger partial charge in [0.15, 0.2) is 0 Å². The Morgan fingerprint density at radius 2 is 1.93 bits per heavy atom. The molecule has 2 aliphatic rings. The molecule has 15 heavy (non-hydrogen) atoms. The van der Waals surface area contributed by atoms with Crippen LogP contribution in [0.2, 0.25) is 0 Å². The van der Waals surface area contributed by atoms with E-state index in [9.17, 15) is 4.79 Å². The molecule has 82 valence electrons. The Morgan fingerprint density at radius 3 is 2.53 bits per heavy atom. The zero-order valence-electron chi connectivity index (χ0n) is 9.15. The fourth-order valence-electron chi connectivity index (χ4n) is 2.39. The van der Waals surface area contributed by atoms with Gasteiger partial charge in [0.25, 0.3) is 0 Å². The van der Waals surface area contributed by atoms with Gasteiger partial charge in [-0.2, -0.15) is 0 Å². The summed E-state index contributed by atoms with van der Waals surface area (Å²) in [6, 6.07) is 0. The predicted octanol–water partition coefficient (Wildman–Crippen LogP) is 0.796. The molecule has 3 heteroatoms. The zero-order chi connectivity index (χ0) is 10.7. The third-order valence-corrected chi connectivity index (χ3v) is 3.24. The third-order valence-electron chi connectivity index (χ3n) is 3.24. The summed E-state index contributed by atoms with van der Waals surface area (Å²) in [5.41, 5.74) is 0. The Kier molecular flexibility index (Phi) is 3.21. The van der Waals surface area contributed by atoms with Gasteiger partial charge in [-0.3, -0.25) is 4.79 Å². The Labute approximate surface area is 90.8 Å². The van der Waals surface area contributed by atoms with Gasteiger partial charge in [0, 0.05) is 32.3 Å². The second-order valence-corrected chi connectivity index (χ2v) is 4.31. The number of nitrogens with one attached hydrogen (secondary N) is 1. The maximum atomic E-state index is 11.7. The average molecular weight is 206 g/mol. The lowest BCUT2D eigenvalue weighted by atomic mass is 10.0. The van der Waals surface area contributed by atoms with E-state index in [4.69, 9.17) is 0 Å². The van der Waals surface area contributed by atoms with Crippen molar-refractivity contribution < 1.29 is 4.79 Å². The lowest BCUT2D eigenvalue weighted by Crippen LogP contribution is -2.30. The van der Waals surface area contributed by atoms with Gasteiger partial charge < -0.3 is 10.2 Å². The van der Waals surface area contributed by atoms with Crippen LogP contribution in [-0.4, -0.2) is 37.0 Å². The second kappa shape index (κ2) is 4.62. The van der Waals surface area contributed by atoms with Crippen LogP contribution in [0.4, 0.5) is 0 Å². The highest BCUT2D eigenvalue weighted by Crippen LogP contribution is 2.26. The minimum absolute atomic E-state index is 0.155. The second-order valence-electron chi connectivity index (χ2n) is 4.31. The quantitative estimate of drug-likeness (QED) is 0.535. The first kappa shape index (κ1) is 10.4. The molecule has 0 aromatic heterocycles. The van der Waals surface area contributed by atoms with Crippen LogP contribution in [0.3, 0.4) is 0 Å². The normalized spacial score (nSPS) is 30.6. The molecule has 1 amide bonds. The van der Waals surface area contributed by atoms with E-state index in [1.165, 1.54) is 0 Å². The fraction of sp³-hybridized carbons (Fsp3) is 0.583. The van der Waals surface area contributed by atoms with Crippen molar-refractivity contribution in [3.8, 4) is 0 Å². The maximum Gasteiger partial charge on any atom is 0.246 e. The fourth-order valence-corrected chi connectivity index (χ4v) is 2.39. The van der Waals surface area contributed by atoms with Gasteiger partial charge in [-0.05, 0) is 18.8 Å². The molecule has 0 aromatic carbocycles. The first-order valence-electron chi connectivity index (χ1n) is 5.60. The van der Waals surface area contributed by atoms with E-state index in [0.717, 1.165) is 26.2 Å². The molecule has 0 aliphatic carbocycles.